The number of para-hydroxylation sites is 1. The number of hydrogen-bond acceptors (Lipinski definition) is 4. The van der Waals surface area contributed by atoms with Crippen LogP contribution < -0.4 is 16.0 Å². The zero-order chi connectivity index (χ0) is 21.3. The van der Waals surface area contributed by atoms with Crippen LogP contribution in [0.2, 0.25) is 0 Å². The Bertz CT molecular complexity index is 1030. The molecule has 0 bridgehead atoms. The van der Waals surface area contributed by atoms with Gasteiger partial charge in [0.05, 0.1) is 0 Å². The van der Waals surface area contributed by atoms with Crippen LogP contribution in [-0.2, 0) is 6.54 Å². The lowest BCUT2D eigenvalue weighted by atomic mass is 10.1. The minimum atomic E-state index is -0.202. The van der Waals surface area contributed by atoms with E-state index >= 15 is 0 Å². The van der Waals surface area contributed by atoms with E-state index in [9.17, 15) is 9.90 Å². The second kappa shape index (κ2) is 10.3. The fraction of sp³-hybridized carbons (Fsp3) is 0.304. The van der Waals surface area contributed by atoms with Crippen LogP contribution in [0.5, 0.6) is 5.75 Å². The number of aliphatic imine (C=N–C) groups is 1. The molecule has 1 aromatic heterocycles. The Morgan fingerprint density at radius 2 is 1.87 bits per heavy atom. The Morgan fingerprint density at radius 3 is 2.63 bits per heavy atom. The molecule has 4 N–H and O–H groups in total. The molecule has 7 heteroatoms. The van der Waals surface area contributed by atoms with E-state index in [1.54, 1.807) is 12.1 Å². The number of furan rings is 1. The van der Waals surface area contributed by atoms with Gasteiger partial charge in [0, 0.05) is 36.1 Å². The minimum Gasteiger partial charge on any atom is -0.508 e. The third-order valence-corrected chi connectivity index (χ3v) is 4.71. The van der Waals surface area contributed by atoms with Gasteiger partial charge in [0.15, 0.2) is 5.96 Å². The van der Waals surface area contributed by atoms with Crippen molar-refractivity contribution in [1.82, 2.24) is 16.0 Å². The molecule has 0 fully saturated rings. The van der Waals surface area contributed by atoms with Crippen LogP contribution in [0.3, 0.4) is 0 Å². The summed E-state index contributed by atoms with van der Waals surface area (Å²) in [5.74, 6) is 1.44. The smallest absolute Gasteiger partial charge is 0.251 e. The van der Waals surface area contributed by atoms with Gasteiger partial charge in [0.25, 0.3) is 5.91 Å². The Kier molecular flexibility index (Phi) is 7.32. The molecule has 0 aliphatic heterocycles. The van der Waals surface area contributed by atoms with E-state index in [2.05, 4.69) is 27.0 Å². The van der Waals surface area contributed by atoms with Crippen LogP contribution >= 0.6 is 0 Å². The lowest BCUT2D eigenvalue weighted by Gasteiger charge is -2.11. The molecule has 7 nitrogen and oxygen atoms in total. The van der Waals surface area contributed by atoms with Crippen molar-refractivity contribution in [3.05, 3.63) is 65.4 Å². The van der Waals surface area contributed by atoms with Crippen LogP contribution in [0.4, 0.5) is 0 Å². The zero-order valence-electron chi connectivity index (χ0n) is 17.4. The number of rotatable bonds is 8. The molecule has 3 aromatic rings. The van der Waals surface area contributed by atoms with Crippen molar-refractivity contribution in [2.75, 3.05) is 19.6 Å². The van der Waals surface area contributed by atoms with E-state index in [0.29, 0.717) is 31.2 Å². The van der Waals surface area contributed by atoms with Crippen molar-refractivity contribution in [3.63, 3.8) is 0 Å². The molecule has 0 unspecified atom stereocenters. The summed E-state index contributed by atoms with van der Waals surface area (Å²) >= 11 is 0. The van der Waals surface area contributed by atoms with E-state index in [-0.39, 0.29) is 11.7 Å². The normalized spacial score (nSPS) is 11.5. The standard InChI is InChI=1S/C23H28N4O3/c1-3-24-23(27-15-21-16(2)19-10-4-5-11-20(19)30-21)26-13-7-12-25-22(29)17-8-6-9-18(28)14-17/h4-6,8-11,14,28H,3,7,12-13,15H2,1-2H3,(H,25,29)(H2,24,26,27). The predicted octanol–water partition coefficient (Wildman–Crippen LogP) is 3.32. The molecule has 0 saturated carbocycles. The Morgan fingerprint density at radius 1 is 1.07 bits per heavy atom. The SMILES string of the molecule is CCNC(=NCc1oc2ccccc2c1C)NCCCNC(=O)c1cccc(O)c1. The molecular weight excluding hydrogens is 380 g/mol. The van der Waals surface area contributed by atoms with Crippen molar-refractivity contribution in [2.24, 2.45) is 4.99 Å². The summed E-state index contributed by atoms with van der Waals surface area (Å²) in [5, 5.41) is 19.9. The summed E-state index contributed by atoms with van der Waals surface area (Å²) in [6.07, 6.45) is 0.735. The number of guanidine groups is 1. The highest BCUT2D eigenvalue weighted by Gasteiger charge is 2.10. The number of aromatic hydroxyl groups is 1. The number of fused-ring (bicyclic) bond motifs is 1. The molecule has 0 aliphatic carbocycles. The van der Waals surface area contributed by atoms with E-state index in [1.807, 2.05) is 32.0 Å². The second-order valence-corrected chi connectivity index (χ2v) is 6.93. The van der Waals surface area contributed by atoms with Crippen molar-refractivity contribution in [1.29, 1.82) is 0 Å². The quantitative estimate of drug-likeness (QED) is 0.260. The molecular formula is C23H28N4O3. The molecule has 2 aromatic carbocycles. The predicted molar refractivity (Wildman–Crippen MR) is 119 cm³/mol. The van der Waals surface area contributed by atoms with Crippen LogP contribution in [0, 0.1) is 6.92 Å². The Labute approximate surface area is 176 Å². The first-order valence-corrected chi connectivity index (χ1v) is 10.1. The number of carbonyl (C=O) groups is 1. The van der Waals surface area contributed by atoms with Crippen LogP contribution in [0.15, 0.2) is 57.9 Å². The van der Waals surface area contributed by atoms with Gasteiger partial charge in [0.2, 0.25) is 0 Å². The summed E-state index contributed by atoms with van der Waals surface area (Å²) in [4.78, 5) is 16.7. The maximum absolute atomic E-state index is 12.1. The summed E-state index contributed by atoms with van der Waals surface area (Å²) in [7, 11) is 0. The lowest BCUT2D eigenvalue weighted by molar-refractivity contribution is 0.0953. The third kappa shape index (κ3) is 5.53. The number of nitrogens with zero attached hydrogens (tertiary/aromatic N) is 1. The van der Waals surface area contributed by atoms with Crippen molar-refractivity contribution >= 4 is 22.8 Å². The largest absolute Gasteiger partial charge is 0.508 e. The van der Waals surface area contributed by atoms with Crippen molar-refractivity contribution < 1.29 is 14.3 Å². The van der Waals surface area contributed by atoms with Crippen LogP contribution in [0.25, 0.3) is 11.0 Å². The molecule has 0 radical (unpaired) electrons. The molecule has 0 atom stereocenters. The van der Waals surface area contributed by atoms with Gasteiger partial charge in [-0.05, 0) is 44.5 Å². The zero-order valence-corrected chi connectivity index (χ0v) is 17.4. The van der Waals surface area contributed by atoms with Gasteiger partial charge >= 0.3 is 0 Å². The van der Waals surface area contributed by atoms with E-state index in [0.717, 1.165) is 35.3 Å². The van der Waals surface area contributed by atoms with Gasteiger partial charge in [-0.25, -0.2) is 4.99 Å². The fourth-order valence-electron chi connectivity index (χ4n) is 3.11. The fourth-order valence-corrected chi connectivity index (χ4v) is 3.11. The maximum Gasteiger partial charge on any atom is 0.251 e. The molecule has 158 valence electrons. The molecule has 0 spiro atoms. The summed E-state index contributed by atoms with van der Waals surface area (Å²) in [6, 6.07) is 14.3. The monoisotopic (exact) mass is 408 g/mol. The number of phenolic OH excluding ortho intramolecular Hbond substituents is 1. The summed E-state index contributed by atoms with van der Waals surface area (Å²) < 4.78 is 5.92. The third-order valence-electron chi connectivity index (χ3n) is 4.71. The second-order valence-electron chi connectivity index (χ2n) is 6.93. The number of phenols is 1. The molecule has 1 heterocycles. The van der Waals surface area contributed by atoms with E-state index < -0.39 is 0 Å². The van der Waals surface area contributed by atoms with Crippen molar-refractivity contribution in [2.45, 2.75) is 26.8 Å². The highest BCUT2D eigenvalue weighted by molar-refractivity contribution is 5.94. The average Bonchev–Trinajstić information content (AvgIpc) is 3.07. The van der Waals surface area contributed by atoms with E-state index in [1.165, 1.54) is 12.1 Å². The highest BCUT2D eigenvalue weighted by atomic mass is 16.3. The lowest BCUT2D eigenvalue weighted by Crippen LogP contribution is -2.38. The first-order chi connectivity index (χ1) is 14.6. The number of carbonyl (C=O) groups excluding carboxylic acids is 1. The molecule has 0 saturated heterocycles. The first-order valence-electron chi connectivity index (χ1n) is 10.1. The van der Waals surface area contributed by atoms with Gasteiger partial charge in [0.1, 0.15) is 23.6 Å². The number of benzene rings is 2. The maximum atomic E-state index is 12.1. The molecule has 3 rings (SSSR count). The summed E-state index contributed by atoms with van der Waals surface area (Å²) in [5.41, 5.74) is 2.43. The highest BCUT2D eigenvalue weighted by Crippen LogP contribution is 2.25. The topological polar surface area (TPSA) is 98.9 Å². The van der Waals surface area contributed by atoms with Gasteiger partial charge in [-0.15, -0.1) is 0 Å². The van der Waals surface area contributed by atoms with Gasteiger partial charge in [-0.3, -0.25) is 4.79 Å². The Hall–Kier alpha value is -3.48. The van der Waals surface area contributed by atoms with Crippen LogP contribution in [0.1, 0.15) is 35.0 Å². The van der Waals surface area contributed by atoms with E-state index in [4.69, 9.17) is 4.42 Å². The molecule has 1 amide bonds. The van der Waals surface area contributed by atoms with Gasteiger partial charge in [-0.1, -0.05) is 24.3 Å². The number of nitrogens with one attached hydrogen (secondary N) is 3. The number of aryl methyl sites for hydroxylation is 1. The minimum absolute atomic E-state index is 0.0792. The number of amides is 1. The molecule has 30 heavy (non-hydrogen) atoms. The van der Waals surface area contributed by atoms with Crippen molar-refractivity contribution in [3.8, 4) is 5.75 Å². The molecule has 0 aliphatic rings. The summed E-state index contributed by atoms with van der Waals surface area (Å²) in [6.45, 7) is 6.43. The Balaban J connectivity index is 1.48. The van der Waals surface area contributed by atoms with Crippen LogP contribution in [-0.4, -0.2) is 36.6 Å². The first kappa shape index (κ1) is 21.2. The average molecular weight is 409 g/mol. The van der Waals surface area contributed by atoms with Gasteiger partial charge in [-0.2, -0.15) is 0 Å². The number of hydrogen-bond donors (Lipinski definition) is 4. The van der Waals surface area contributed by atoms with Gasteiger partial charge < -0.3 is 25.5 Å².